The highest BCUT2D eigenvalue weighted by atomic mass is 19.3. The van der Waals surface area contributed by atoms with Crippen molar-refractivity contribution < 1.29 is 30.7 Å². The van der Waals surface area contributed by atoms with Crippen LogP contribution in [0.4, 0.5) is 30.7 Å². The van der Waals surface area contributed by atoms with Crippen LogP contribution in [0.2, 0.25) is 0 Å². The number of likely N-dealkylation sites (tertiary alicyclic amines) is 1. The topological polar surface area (TPSA) is 84.1 Å². The van der Waals surface area contributed by atoms with Gasteiger partial charge in [0.05, 0.1) is 22.5 Å². The van der Waals surface area contributed by atoms with Gasteiger partial charge in [0.25, 0.3) is 12.0 Å². The Bertz CT molecular complexity index is 1170. The van der Waals surface area contributed by atoms with Crippen LogP contribution in [0.3, 0.4) is 0 Å². The number of halogens is 7. The average molecular weight is 498 g/mol. The van der Waals surface area contributed by atoms with Crippen molar-refractivity contribution in [3.05, 3.63) is 31.4 Å². The number of fused-ring (bicyclic) bond motifs is 1. The predicted octanol–water partition coefficient (Wildman–Crippen LogP) is 0.974. The molecule has 2 fully saturated rings. The molecule has 1 saturated heterocycles. The molecule has 3 aliphatic rings. The van der Waals surface area contributed by atoms with Crippen LogP contribution >= 0.6 is 0 Å². The highest BCUT2D eigenvalue weighted by Crippen LogP contribution is 2.36. The smallest absolute Gasteiger partial charge is 0.327 e. The number of alkyl halides is 7. The first-order valence-electron chi connectivity index (χ1n) is 11.0. The van der Waals surface area contributed by atoms with E-state index in [2.05, 4.69) is 0 Å². The van der Waals surface area contributed by atoms with Crippen LogP contribution in [0.5, 0.6) is 0 Å². The molecule has 4 rings (SSSR count). The van der Waals surface area contributed by atoms with Crippen molar-refractivity contribution in [2.24, 2.45) is 17.6 Å². The molecule has 4 unspecified atom stereocenters. The van der Waals surface area contributed by atoms with Gasteiger partial charge in [-0.05, 0) is 44.2 Å². The second-order valence-corrected chi connectivity index (χ2v) is 9.24. The average Bonchev–Trinajstić information content (AvgIpc) is 3.44. The van der Waals surface area contributed by atoms with Crippen molar-refractivity contribution >= 4 is 11.1 Å². The molecule has 0 bridgehead atoms. The zero-order valence-corrected chi connectivity index (χ0v) is 18.2. The van der Waals surface area contributed by atoms with Crippen LogP contribution < -0.4 is 27.6 Å². The zero-order valence-electron chi connectivity index (χ0n) is 18.2. The Kier molecular flexibility index (Phi) is 6.71. The first-order chi connectivity index (χ1) is 16.0. The molecule has 34 heavy (non-hydrogen) atoms. The number of H-pyrrole nitrogens is 1. The fourth-order valence-electron chi connectivity index (χ4n) is 5.38. The Morgan fingerprint density at radius 1 is 1.03 bits per heavy atom. The molecule has 190 valence electrons. The maximum Gasteiger partial charge on any atom is 0.329 e. The monoisotopic (exact) mass is 498 g/mol. The molecule has 2 heterocycles. The Balaban J connectivity index is 1.79. The molecule has 1 aliphatic heterocycles. The molecule has 1 saturated carbocycles. The molecule has 0 amide bonds. The molecule has 0 aromatic carbocycles. The zero-order chi connectivity index (χ0) is 25.1. The lowest BCUT2D eigenvalue weighted by Crippen LogP contribution is -2.62. The molecule has 0 radical (unpaired) electrons. The first-order valence-corrected chi connectivity index (χ1v) is 11.0. The lowest BCUT2D eigenvalue weighted by Gasteiger charge is -2.36. The number of nitrogens with one attached hydrogen (secondary N) is 1. The van der Waals surface area contributed by atoms with Gasteiger partial charge in [-0.25, -0.2) is 35.5 Å². The second kappa shape index (κ2) is 9.14. The van der Waals surface area contributed by atoms with Crippen molar-refractivity contribution in [2.45, 2.75) is 69.8 Å². The lowest BCUT2D eigenvalue weighted by atomic mass is 9.87. The van der Waals surface area contributed by atoms with Crippen molar-refractivity contribution in [1.29, 1.82) is 0 Å². The Morgan fingerprint density at radius 2 is 1.65 bits per heavy atom. The number of aromatic nitrogens is 2. The molecule has 0 spiro atoms. The SMILES string of the molecule is CC1=c2c(c(=O)[nH]c(=O)n2C2CC2)=C(C(F)F)C(F)C1N1CCC(C(N)C(C(F)F)C(F)F)C1. The normalized spacial score (nSPS) is 26.9. The molecular weight excluding hydrogens is 473 g/mol. The van der Waals surface area contributed by atoms with Gasteiger partial charge < -0.3 is 5.73 Å². The summed E-state index contributed by atoms with van der Waals surface area (Å²) in [7, 11) is 0. The number of hydrogen-bond donors (Lipinski definition) is 2. The minimum Gasteiger partial charge on any atom is -0.327 e. The molecule has 13 heteroatoms. The van der Waals surface area contributed by atoms with Gasteiger partial charge in [-0.2, -0.15) is 0 Å². The number of nitrogens with zero attached hydrogens (tertiary/aromatic N) is 2. The summed E-state index contributed by atoms with van der Waals surface area (Å²) in [4.78, 5) is 28.4. The van der Waals surface area contributed by atoms with Crippen molar-refractivity contribution in [3.8, 4) is 0 Å². The van der Waals surface area contributed by atoms with Crippen LogP contribution in [0.25, 0.3) is 11.1 Å². The van der Waals surface area contributed by atoms with E-state index < -0.39 is 71.4 Å². The number of hydrogen-bond acceptors (Lipinski definition) is 4. The summed E-state index contributed by atoms with van der Waals surface area (Å²) in [6.07, 6.45) is -11.1. The summed E-state index contributed by atoms with van der Waals surface area (Å²) in [5.41, 5.74) is 2.98. The maximum atomic E-state index is 15.6. The third kappa shape index (κ3) is 4.10. The number of rotatable bonds is 7. The van der Waals surface area contributed by atoms with Crippen molar-refractivity contribution in [1.82, 2.24) is 14.5 Å². The van der Waals surface area contributed by atoms with E-state index in [1.807, 2.05) is 4.98 Å². The fourth-order valence-corrected chi connectivity index (χ4v) is 5.38. The van der Waals surface area contributed by atoms with E-state index in [1.165, 1.54) is 16.4 Å². The van der Waals surface area contributed by atoms with Crippen LogP contribution in [-0.4, -0.2) is 65.1 Å². The predicted molar refractivity (Wildman–Crippen MR) is 109 cm³/mol. The second-order valence-electron chi connectivity index (χ2n) is 9.24. The largest absolute Gasteiger partial charge is 0.329 e. The third-order valence-electron chi connectivity index (χ3n) is 7.19. The quantitative estimate of drug-likeness (QED) is 0.549. The summed E-state index contributed by atoms with van der Waals surface area (Å²) in [6, 6.07) is -3.22. The first kappa shape index (κ1) is 25.0. The summed E-state index contributed by atoms with van der Waals surface area (Å²) < 4.78 is 97.5. The minimum absolute atomic E-state index is 0.0443. The molecular formula is C21H25F7N4O2. The van der Waals surface area contributed by atoms with E-state index in [0.29, 0.717) is 12.8 Å². The molecule has 1 aromatic rings. The molecule has 1 aromatic heterocycles. The Morgan fingerprint density at radius 3 is 2.18 bits per heavy atom. The van der Waals surface area contributed by atoms with Gasteiger partial charge in [-0.3, -0.25) is 19.2 Å². The fraction of sp³-hybridized carbons (Fsp3) is 0.714. The van der Waals surface area contributed by atoms with E-state index in [0.717, 1.165) is 0 Å². The highest BCUT2D eigenvalue weighted by Gasteiger charge is 2.46. The van der Waals surface area contributed by atoms with E-state index in [9.17, 15) is 35.9 Å². The lowest BCUT2D eigenvalue weighted by molar-refractivity contribution is -0.0473. The standard InChI is InChI=1S/C21H25F7N4O2/c1-7-15-11(20(33)30-21(34)32(15)9-2-3-9)10(17(23)24)13(22)16(7)31-5-4-8(6-31)14(29)12(18(25)26)19(27)28/h8-9,12-14,16-19H,2-6,29H2,1H3,(H,30,33,34). The van der Waals surface area contributed by atoms with E-state index >= 15 is 4.39 Å². The van der Waals surface area contributed by atoms with Crippen LogP contribution in [0, 0.1) is 11.8 Å². The molecule has 3 N–H and O–H groups in total. The summed E-state index contributed by atoms with van der Waals surface area (Å²) in [5.74, 6) is -3.21. The van der Waals surface area contributed by atoms with Crippen LogP contribution in [0.15, 0.2) is 9.59 Å². The van der Waals surface area contributed by atoms with Gasteiger partial charge in [0.15, 0.2) is 0 Å². The van der Waals surface area contributed by atoms with Gasteiger partial charge in [-0.1, -0.05) is 0 Å². The van der Waals surface area contributed by atoms with Gasteiger partial charge in [0.2, 0.25) is 12.9 Å². The molecule has 4 atom stereocenters. The van der Waals surface area contributed by atoms with Crippen molar-refractivity contribution in [3.63, 3.8) is 0 Å². The van der Waals surface area contributed by atoms with E-state index in [4.69, 9.17) is 5.73 Å². The van der Waals surface area contributed by atoms with Gasteiger partial charge >= 0.3 is 5.69 Å². The molecule has 2 aliphatic carbocycles. The highest BCUT2D eigenvalue weighted by molar-refractivity contribution is 5.65. The summed E-state index contributed by atoms with van der Waals surface area (Å²) in [6.45, 7) is 1.31. The minimum atomic E-state index is -3.36. The molecule has 6 nitrogen and oxygen atoms in total. The van der Waals surface area contributed by atoms with E-state index in [1.54, 1.807) is 0 Å². The Labute approximate surface area is 188 Å². The summed E-state index contributed by atoms with van der Waals surface area (Å²) >= 11 is 0. The van der Waals surface area contributed by atoms with Gasteiger partial charge in [0.1, 0.15) is 6.17 Å². The van der Waals surface area contributed by atoms with Crippen LogP contribution in [0.1, 0.15) is 32.2 Å². The van der Waals surface area contributed by atoms with Crippen LogP contribution in [-0.2, 0) is 0 Å². The number of aromatic amines is 1. The van der Waals surface area contributed by atoms with E-state index in [-0.39, 0.29) is 36.5 Å². The third-order valence-corrected chi connectivity index (χ3v) is 7.19. The van der Waals surface area contributed by atoms with Gasteiger partial charge in [-0.15, -0.1) is 0 Å². The van der Waals surface area contributed by atoms with Gasteiger partial charge in [0, 0.05) is 24.2 Å². The number of nitrogens with two attached hydrogens (primary N) is 1. The Hall–Kier alpha value is -2.15. The maximum absolute atomic E-state index is 15.6. The summed E-state index contributed by atoms with van der Waals surface area (Å²) in [5, 5.41) is -0.623. The van der Waals surface area contributed by atoms with Crippen molar-refractivity contribution in [2.75, 3.05) is 13.1 Å².